The van der Waals surface area contributed by atoms with Crippen molar-refractivity contribution in [3.63, 3.8) is 0 Å². The van der Waals surface area contributed by atoms with Gasteiger partial charge in [0.1, 0.15) is 0 Å². The monoisotopic (exact) mass is 165 g/mol. The smallest absolute Gasteiger partial charge is 0.200 e. The van der Waals surface area contributed by atoms with Crippen LogP contribution in [0.1, 0.15) is 13.3 Å². The zero-order valence-electron chi connectivity index (χ0n) is 6.67. The molecule has 0 bridgehead atoms. The van der Waals surface area contributed by atoms with E-state index in [0.717, 1.165) is 6.42 Å². The molecule has 0 fully saturated rings. The van der Waals surface area contributed by atoms with E-state index in [1.54, 1.807) is 6.66 Å². The van der Waals surface area contributed by atoms with Gasteiger partial charge in [-0.15, -0.1) is 0 Å². The first-order valence-corrected chi connectivity index (χ1v) is 5.79. The van der Waals surface area contributed by atoms with Gasteiger partial charge in [-0.2, -0.15) is 0 Å². The second-order valence-corrected chi connectivity index (χ2v) is 5.03. The predicted molar refractivity (Wildman–Crippen MR) is 43.7 cm³/mol. The van der Waals surface area contributed by atoms with Crippen molar-refractivity contribution in [3.8, 4) is 0 Å². The van der Waals surface area contributed by atoms with Crippen LogP contribution in [0.15, 0.2) is 0 Å². The first-order valence-electron chi connectivity index (χ1n) is 3.53. The maximum Gasteiger partial charge on any atom is 0.200 e. The van der Waals surface area contributed by atoms with E-state index >= 15 is 0 Å². The van der Waals surface area contributed by atoms with Gasteiger partial charge in [0.15, 0.2) is 7.37 Å². The average molecular weight is 165 g/mol. The lowest BCUT2D eigenvalue weighted by Gasteiger charge is -2.10. The lowest BCUT2D eigenvalue weighted by molar-refractivity contribution is 0.336. The normalized spacial score (nSPS) is 16.7. The van der Waals surface area contributed by atoms with Crippen molar-refractivity contribution < 1.29 is 9.09 Å². The summed E-state index contributed by atoms with van der Waals surface area (Å²) in [7, 11) is -2.29. The highest BCUT2D eigenvalue weighted by Crippen LogP contribution is 2.42. The molecule has 1 unspecified atom stereocenters. The van der Waals surface area contributed by atoms with Crippen LogP contribution in [0, 0.1) is 0 Å². The standard InChI is InChI=1S/C6H16NO2P/c1-3-9-10(2,8)6-4-5-7/h3-7H2,1-2H3. The highest BCUT2D eigenvalue weighted by atomic mass is 31.2. The topological polar surface area (TPSA) is 52.3 Å². The number of hydrogen-bond donors (Lipinski definition) is 1. The Kier molecular flexibility index (Phi) is 4.96. The maximum absolute atomic E-state index is 11.3. The molecule has 0 aromatic rings. The van der Waals surface area contributed by atoms with E-state index < -0.39 is 7.37 Å². The summed E-state index contributed by atoms with van der Waals surface area (Å²) in [4.78, 5) is 0. The van der Waals surface area contributed by atoms with Gasteiger partial charge < -0.3 is 10.3 Å². The molecule has 1 atom stereocenters. The van der Waals surface area contributed by atoms with Gasteiger partial charge in [-0.1, -0.05) is 0 Å². The van der Waals surface area contributed by atoms with Gasteiger partial charge in [0.25, 0.3) is 0 Å². The van der Waals surface area contributed by atoms with E-state index in [9.17, 15) is 4.57 Å². The van der Waals surface area contributed by atoms with Gasteiger partial charge in [-0.25, -0.2) is 0 Å². The Hall–Kier alpha value is 0.150. The molecular formula is C6H16NO2P. The molecule has 10 heavy (non-hydrogen) atoms. The molecule has 0 saturated carbocycles. The minimum Gasteiger partial charge on any atom is -0.330 e. The summed E-state index contributed by atoms with van der Waals surface area (Å²) >= 11 is 0. The summed E-state index contributed by atoms with van der Waals surface area (Å²) in [5.74, 6) is 0. The molecule has 3 nitrogen and oxygen atoms in total. The van der Waals surface area contributed by atoms with Crippen LogP contribution >= 0.6 is 7.37 Å². The minimum atomic E-state index is -2.29. The zero-order valence-corrected chi connectivity index (χ0v) is 7.56. The fourth-order valence-corrected chi connectivity index (χ4v) is 2.15. The van der Waals surface area contributed by atoms with Crippen LogP contribution in [-0.2, 0) is 9.09 Å². The van der Waals surface area contributed by atoms with Crippen molar-refractivity contribution in [1.82, 2.24) is 0 Å². The van der Waals surface area contributed by atoms with E-state index in [1.807, 2.05) is 6.92 Å². The summed E-state index contributed by atoms with van der Waals surface area (Å²) in [6, 6.07) is 0. The van der Waals surface area contributed by atoms with Crippen LogP contribution in [0.5, 0.6) is 0 Å². The second-order valence-electron chi connectivity index (χ2n) is 2.30. The lowest BCUT2D eigenvalue weighted by Crippen LogP contribution is -2.03. The van der Waals surface area contributed by atoms with E-state index in [2.05, 4.69) is 0 Å². The fourth-order valence-electron chi connectivity index (χ4n) is 0.716. The Morgan fingerprint density at radius 3 is 2.60 bits per heavy atom. The first kappa shape index (κ1) is 10.2. The van der Waals surface area contributed by atoms with Crippen LogP contribution < -0.4 is 5.73 Å². The van der Waals surface area contributed by atoms with Gasteiger partial charge in [0, 0.05) is 12.8 Å². The molecule has 0 radical (unpaired) electrons. The molecule has 0 aliphatic carbocycles. The van der Waals surface area contributed by atoms with E-state index in [0.29, 0.717) is 19.3 Å². The number of nitrogens with two attached hydrogens (primary N) is 1. The third kappa shape index (κ3) is 4.98. The molecule has 0 saturated heterocycles. The van der Waals surface area contributed by atoms with Crippen molar-refractivity contribution in [3.05, 3.63) is 0 Å². The van der Waals surface area contributed by atoms with Gasteiger partial charge in [-0.05, 0) is 19.9 Å². The molecule has 0 aliphatic rings. The van der Waals surface area contributed by atoms with Crippen molar-refractivity contribution in [2.24, 2.45) is 5.73 Å². The Labute approximate surface area is 62.4 Å². The summed E-state index contributed by atoms with van der Waals surface area (Å²) in [6.45, 7) is 4.62. The van der Waals surface area contributed by atoms with Crippen LogP contribution in [0.4, 0.5) is 0 Å². The molecule has 0 spiro atoms. The van der Waals surface area contributed by atoms with Crippen LogP contribution in [0.2, 0.25) is 0 Å². The summed E-state index contributed by atoms with van der Waals surface area (Å²) < 4.78 is 16.3. The SMILES string of the molecule is CCOP(C)(=O)CCCN. The van der Waals surface area contributed by atoms with Gasteiger partial charge in [0.05, 0.1) is 6.61 Å². The number of hydrogen-bond acceptors (Lipinski definition) is 3. The molecular weight excluding hydrogens is 149 g/mol. The van der Waals surface area contributed by atoms with E-state index in [4.69, 9.17) is 10.3 Å². The van der Waals surface area contributed by atoms with Crippen molar-refractivity contribution in [2.75, 3.05) is 26.0 Å². The fraction of sp³-hybridized carbons (Fsp3) is 1.00. The average Bonchev–Trinajstić information content (AvgIpc) is 1.84. The molecule has 0 rings (SSSR count). The molecule has 0 aromatic carbocycles. The summed E-state index contributed by atoms with van der Waals surface area (Å²) in [6.07, 6.45) is 1.39. The quantitative estimate of drug-likeness (QED) is 0.624. The highest BCUT2D eigenvalue weighted by Gasteiger charge is 2.12. The zero-order chi connectivity index (χ0) is 8.04. The Bertz CT molecular complexity index is 127. The van der Waals surface area contributed by atoms with E-state index in [1.165, 1.54) is 0 Å². The van der Waals surface area contributed by atoms with Crippen molar-refractivity contribution in [1.29, 1.82) is 0 Å². The molecule has 0 aliphatic heterocycles. The number of rotatable bonds is 5. The molecule has 4 heteroatoms. The second kappa shape index (κ2) is 4.89. The largest absolute Gasteiger partial charge is 0.330 e. The van der Waals surface area contributed by atoms with Gasteiger partial charge in [-0.3, -0.25) is 4.57 Å². The third-order valence-corrected chi connectivity index (χ3v) is 3.10. The van der Waals surface area contributed by atoms with Crippen LogP contribution in [0.25, 0.3) is 0 Å². The van der Waals surface area contributed by atoms with Crippen molar-refractivity contribution >= 4 is 7.37 Å². The molecule has 0 heterocycles. The molecule has 0 aromatic heterocycles. The van der Waals surface area contributed by atoms with Crippen molar-refractivity contribution in [2.45, 2.75) is 13.3 Å². The highest BCUT2D eigenvalue weighted by molar-refractivity contribution is 7.58. The van der Waals surface area contributed by atoms with Gasteiger partial charge in [0.2, 0.25) is 0 Å². The van der Waals surface area contributed by atoms with Gasteiger partial charge >= 0.3 is 0 Å². The molecule has 62 valence electrons. The molecule has 0 amide bonds. The maximum atomic E-state index is 11.3. The summed E-state index contributed by atoms with van der Waals surface area (Å²) in [5, 5.41) is 0. The molecule has 2 N–H and O–H groups in total. The van der Waals surface area contributed by atoms with Crippen LogP contribution in [-0.4, -0.2) is 26.0 Å². The Balaban J connectivity index is 3.53. The lowest BCUT2D eigenvalue weighted by atomic mass is 10.5. The first-order chi connectivity index (χ1) is 4.62. The third-order valence-electron chi connectivity index (χ3n) is 1.17. The minimum absolute atomic E-state index is 0.526. The summed E-state index contributed by atoms with van der Waals surface area (Å²) in [5.41, 5.74) is 5.26. The predicted octanol–water partition coefficient (Wildman–Crippen LogP) is 1.28. The van der Waals surface area contributed by atoms with E-state index in [-0.39, 0.29) is 0 Å². The Morgan fingerprint density at radius 2 is 2.20 bits per heavy atom. The Morgan fingerprint density at radius 1 is 1.60 bits per heavy atom. The van der Waals surface area contributed by atoms with Crippen LogP contribution in [0.3, 0.4) is 0 Å².